The van der Waals surface area contributed by atoms with Crippen LogP contribution in [0.4, 0.5) is 4.39 Å². The van der Waals surface area contributed by atoms with Crippen molar-refractivity contribution in [3.05, 3.63) is 71.4 Å². The van der Waals surface area contributed by atoms with Gasteiger partial charge in [0.15, 0.2) is 0 Å². The van der Waals surface area contributed by atoms with Crippen molar-refractivity contribution in [2.45, 2.75) is 6.92 Å². The van der Waals surface area contributed by atoms with E-state index in [1.54, 1.807) is 37.4 Å². The number of halogens is 1. The highest BCUT2D eigenvalue weighted by Crippen LogP contribution is 2.27. The Morgan fingerprint density at radius 2 is 1.86 bits per heavy atom. The second kappa shape index (κ2) is 6.95. The molecule has 0 unspecified atom stereocenters. The Morgan fingerprint density at radius 1 is 1.11 bits per heavy atom. The molecule has 0 spiro atoms. The Bertz CT molecular complexity index is 1170. The lowest BCUT2D eigenvalue weighted by atomic mass is 10.1. The first-order valence-corrected chi connectivity index (χ1v) is 8.30. The fraction of sp³-hybridized carbons (Fsp3) is 0.0526. The number of aryl methyl sites for hydroxylation is 1. The molecule has 3 aromatic heterocycles. The van der Waals surface area contributed by atoms with Crippen LogP contribution in [-0.2, 0) is 0 Å². The Hall–Kier alpha value is -4.01. The molecule has 140 valence electrons. The van der Waals surface area contributed by atoms with Crippen molar-refractivity contribution in [1.82, 2.24) is 26.0 Å². The molecule has 0 aliphatic rings. The van der Waals surface area contributed by atoms with E-state index in [-0.39, 0.29) is 17.1 Å². The third-order valence-corrected chi connectivity index (χ3v) is 4.13. The number of fused-ring (bicyclic) bond motifs is 1. The maximum atomic E-state index is 13.2. The Kier molecular flexibility index (Phi) is 4.32. The molecule has 0 radical (unpaired) electrons. The predicted octanol–water partition coefficient (Wildman–Crippen LogP) is 2.74. The molecule has 0 aliphatic carbocycles. The van der Waals surface area contributed by atoms with E-state index < -0.39 is 11.8 Å². The summed E-state index contributed by atoms with van der Waals surface area (Å²) >= 11 is 0. The van der Waals surface area contributed by atoms with Gasteiger partial charge < -0.3 is 9.51 Å². The van der Waals surface area contributed by atoms with Crippen LogP contribution in [0.1, 0.15) is 26.5 Å². The highest BCUT2D eigenvalue weighted by atomic mass is 19.1. The number of benzene rings is 1. The Balaban J connectivity index is 1.68. The summed E-state index contributed by atoms with van der Waals surface area (Å²) in [7, 11) is 0. The first-order chi connectivity index (χ1) is 13.5. The molecule has 0 saturated heterocycles. The molecule has 28 heavy (non-hydrogen) atoms. The standard InChI is InChI=1S/C19H14FN5O3/c1-10-16-13(17(26)23-24-18(27)14-3-2-8-21-14)9-15(22-19(16)28-25-10)11-4-6-12(20)7-5-11/h2-9,21H,1H3,(H,23,26)(H,24,27). The maximum absolute atomic E-state index is 13.2. The van der Waals surface area contributed by atoms with E-state index in [4.69, 9.17) is 4.52 Å². The number of amides is 2. The highest BCUT2D eigenvalue weighted by Gasteiger charge is 2.20. The molecule has 8 nitrogen and oxygen atoms in total. The first kappa shape index (κ1) is 17.4. The van der Waals surface area contributed by atoms with Gasteiger partial charge in [-0.3, -0.25) is 20.4 Å². The molecule has 0 fully saturated rings. The van der Waals surface area contributed by atoms with Gasteiger partial charge in [-0.25, -0.2) is 9.37 Å². The lowest BCUT2D eigenvalue weighted by Crippen LogP contribution is -2.41. The van der Waals surface area contributed by atoms with E-state index in [1.807, 2.05) is 0 Å². The van der Waals surface area contributed by atoms with Crippen molar-refractivity contribution < 1.29 is 18.5 Å². The number of aromatic amines is 1. The lowest BCUT2D eigenvalue weighted by Gasteiger charge is -2.09. The van der Waals surface area contributed by atoms with Crippen LogP contribution < -0.4 is 10.9 Å². The van der Waals surface area contributed by atoms with Crippen LogP contribution in [0.3, 0.4) is 0 Å². The number of nitrogens with one attached hydrogen (secondary N) is 3. The van der Waals surface area contributed by atoms with Gasteiger partial charge in [-0.2, -0.15) is 0 Å². The molecule has 0 aliphatic heterocycles. The molecule has 3 heterocycles. The molecule has 0 atom stereocenters. The van der Waals surface area contributed by atoms with E-state index in [1.165, 1.54) is 18.2 Å². The van der Waals surface area contributed by atoms with Gasteiger partial charge in [0.05, 0.1) is 22.3 Å². The van der Waals surface area contributed by atoms with Crippen LogP contribution in [0, 0.1) is 12.7 Å². The van der Waals surface area contributed by atoms with Crippen LogP contribution in [0.25, 0.3) is 22.4 Å². The third-order valence-electron chi connectivity index (χ3n) is 4.13. The quantitative estimate of drug-likeness (QED) is 0.474. The van der Waals surface area contributed by atoms with E-state index in [9.17, 15) is 14.0 Å². The minimum Gasteiger partial charge on any atom is -0.357 e. The van der Waals surface area contributed by atoms with Crippen molar-refractivity contribution in [1.29, 1.82) is 0 Å². The summed E-state index contributed by atoms with van der Waals surface area (Å²) in [6.07, 6.45) is 1.60. The Labute approximate surface area is 157 Å². The summed E-state index contributed by atoms with van der Waals surface area (Å²) < 4.78 is 18.4. The van der Waals surface area contributed by atoms with Crippen molar-refractivity contribution in [3.8, 4) is 11.3 Å². The van der Waals surface area contributed by atoms with E-state index in [2.05, 4.69) is 26.0 Å². The number of carbonyl (C=O) groups is 2. The maximum Gasteiger partial charge on any atom is 0.286 e. The third kappa shape index (κ3) is 3.20. The molecule has 0 saturated carbocycles. The number of nitrogens with zero attached hydrogens (tertiary/aromatic N) is 2. The number of carbonyl (C=O) groups excluding carboxylic acids is 2. The first-order valence-electron chi connectivity index (χ1n) is 8.30. The summed E-state index contributed by atoms with van der Waals surface area (Å²) in [5, 5.41) is 4.28. The SMILES string of the molecule is Cc1noc2nc(-c3ccc(F)cc3)cc(C(=O)NNC(=O)c3ccc[nH]3)c12. The number of pyridine rings is 1. The number of aromatic nitrogens is 3. The number of rotatable bonds is 3. The highest BCUT2D eigenvalue weighted by molar-refractivity contribution is 6.07. The summed E-state index contributed by atoms with van der Waals surface area (Å²) in [6, 6.07) is 10.5. The summed E-state index contributed by atoms with van der Waals surface area (Å²) in [5.41, 5.74) is 6.87. The molecule has 3 N–H and O–H groups in total. The number of hydrazine groups is 1. The zero-order valence-electron chi connectivity index (χ0n) is 14.6. The van der Waals surface area contributed by atoms with Crippen LogP contribution in [-0.4, -0.2) is 26.9 Å². The summed E-state index contributed by atoms with van der Waals surface area (Å²) in [5.74, 6) is -1.45. The van der Waals surface area contributed by atoms with Gasteiger partial charge in [-0.15, -0.1) is 0 Å². The predicted molar refractivity (Wildman–Crippen MR) is 97.7 cm³/mol. The van der Waals surface area contributed by atoms with E-state index in [0.717, 1.165) is 0 Å². The van der Waals surface area contributed by atoms with Gasteiger partial charge in [-0.05, 0) is 49.4 Å². The fourth-order valence-electron chi connectivity index (χ4n) is 2.76. The van der Waals surface area contributed by atoms with Crippen LogP contribution in [0.5, 0.6) is 0 Å². The number of hydrogen-bond donors (Lipinski definition) is 3. The smallest absolute Gasteiger partial charge is 0.286 e. The van der Waals surface area contributed by atoms with E-state index in [0.29, 0.717) is 28.0 Å². The zero-order valence-corrected chi connectivity index (χ0v) is 14.6. The van der Waals surface area contributed by atoms with Gasteiger partial charge in [0, 0.05) is 11.8 Å². The number of H-pyrrole nitrogens is 1. The minimum absolute atomic E-state index is 0.167. The van der Waals surface area contributed by atoms with Gasteiger partial charge in [0.25, 0.3) is 17.5 Å². The van der Waals surface area contributed by atoms with Crippen molar-refractivity contribution in [2.75, 3.05) is 0 Å². The molecule has 2 amide bonds. The molecule has 0 bridgehead atoms. The van der Waals surface area contributed by atoms with Gasteiger partial charge in [-0.1, -0.05) is 5.16 Å². The average Bonchev–Trinajstić information content (AvgIpc) is 3.36. The van der Waals surface area contributed by atoms with Crippen molar-refractivity contribution >= 4 is 22.9 Å². The molecular weight excluding hydrogens is 365 g/mol. The fourth-order valence-corrected chi connectivity index (χ4v) is 2.76. The summed E-state index contributed by atoms with van der Waals surface area (Å²) in [6.45, 7) is 1.68. The van der Waals surface area contributed by atoms with E-state index >= 15 is 0 Å². The van der Waals surface area contributed by atoms with Crippen molar-refractivity contribution in [3.63, 3.8) is 0 Å². The second-order valence-corrected chi connectivity index (χ2v) is 6.00. The largest absolute Gasteiger partial charge is 0.357 e. The van der Waals surface area contributed by atoms with Crippen LogP contribution >= 0.6 is 0 Å². The molecule has 4 rings (SSSR count). The Morgan fingerprint density at radius 3 is 2.57 bits per heavy atom. The second-order valence-electron chi connectivity index (χ2n) is 6.00. The summed E-state index contributed by atoms with van der Waals surface area (Å²) in [4.78, 5) is 31.8. The molecule has 4 aromatic rings. The van der Waals surface area contributed by atoms with Crippen LogP contribution in [0.2, 0.25) is 0 Å². The topological polar surface area (TPSA) is 113 Å². The normalized spacial score (nSPS) is 10.8. The van der Waals surface area contributed by atoms with Gasteiger partial charge in [0.2, 0.25) is 0 Å². The lowest BCUT2D eigenvalue weighted by molar-refractivity contribution is 0.0845. The molecular formula is C19H14FN5O3. The van der Waals surface area contributed by atoms with Gasteiger partial charge in [0.1, 0.15) is 11.5 Å². The van der Waals surface area contributed by atoms with Crippen LogP contribution in [0.15, 0.2) is 53.2 Å². The zero-order chi connectivity index (χ0) is 19.7. The van der Waals surface area contributed by atoms with Crippen molar-refractivity contribution in [2.24, 2.45) is 0 Å². The molecule has 9 heteroatoms. The minimum atomic E-state index is -0.568. The molecule has 1 aromatic carbocycles. The monoisotopic (exact) mass is 379 g/mol. The number of hydrogen-bond acceptors (Lipinski definition) is 5. The average molecular weight is 379 g/mol. The van der Waals surface area contributed by atoms with Gasteiger partial charge >= 0.3 is 0 Å².